The van der Waals surface area contributed by atoms with E-state index in [1.807, 2.05) is 0 Å². The first kappa shape index (κ1) is 12.1. The molecule has 0 aromatic heterocycles. The monoisotopic (exact) mass is 148 g/mol. The maximum atomic E-state index is 10.5. The Balaban J connectivity index is 0. The molecular formula is C7H16O3. The molecule has 0 aliphatic heterocycles. The molecule has 0 saturated heterocycles. The van der Waals surface area contributed by atoms with Crippen LogP contribution in [0.5, 0.6) is 0 Å². The number of esters is 1. The van der Waals surface area contributed by atoms with Gasteiger partial charge in [0.15, 0.2) is 0 Å². The van der Waals surface area contributed by atoms with E-state index < -0.39 is 0 Å². The van der Waals surface area contributed by atoms with Crippen molar-refractivity contribution in [2.24, 2.45) is 0 Å². The lowest BCUT2D eigenvalue weighted by Gasteiger charge is -1.99. The van der Waals surface area contributed by atoms with Gasteiger partial charge in [0.25, 0.3) is 0 Å². The smallest absolute Gasteiger partial charge is 0.305 e. The van der Waals surface area contributed by atoms with Gasteiger partial charge in [0.05, 0.1) is 6.61 Å². The molecule has 0 unspecified atom stereocenters. The predicted molar refractivity (Wildman–Crippen MR) is 39.8 cm³/mol. The lowest BCUT2D eigenvalue weighted by Crippen LogP contribution is -2.02. The van der Waals surface area contributed by atoms with Crippen molar-refractivity contribution in [3.8, 4) is 0 Å². The van der Waals surface area contributed by atoms with Gasteiger partial charge in [-0.15, -0.1) is 0 Å². The summed E-state index contributed by atoms with van der Waals surface area (Å²) in [7, 11) is 0. The molecule has 0 aromatic rings. The van der Waals surface area contributed by atoms with Crippen LogP contribution in [-0.4, -0.2) is 18.1 Å². The molecule has 0 aromatic carbocycles. The number of carbonyl (C=O) groups excluding carboxylic acids is 1. The standard InChI is InChI=1S/C7H14O2.H2O/c1-3-5-6-9-7(8)4-2;/h3-6H2,1-2H3;1H2. The SMILES string of the molecule is CCCCOC(=O)CC.O. The van der Waals surface area contributed by atoms with E-state index in [-0.39, 0.29) is 11.4 Å². The van der Waals surface area contributed by atoms with E-state index in [2.05, 4.69) is 6.92 Å². The number of carbonyl (C=O) groups is 1. The van der Waals surface area contributed by atoms with Gasteiger partial charge in [-0.3, -0.25) is 4.79 Å². The van der Waals surface area contributed by atoms with Crippen molar-refractivity contribution >= 4 is 5.97 Å². The normalized spacial score (nSPS) is 8.20. The van der Waals surface area contributed by atoms with Gasteiger partial charge in [-0.1, -0.05) is 20.3 Å². The highest BCUT2D eigenvalue weighted by molar-refractivity contribution is 5.68. The van der Waals surface area contributed by atoms with Gasteiger partial charge in [0.1, 0.15) is 0 Å². The minimum absolute atomic E-state index is 0. The van der Waals surface area contributed by atoms with Crippen molar-refractivity contribution in [2.75, 3.05) is 6.61 Å². The van der Waals surface area contributed by atoms with Crippen LogP contribution >= 0.6 is 0 Å². The van der Waals surface area contributed by atoms with Crippen molar-refractivity contribution in [3.63, 3.8) is 0 Å². The molecule has 3 nitrogen and oxygen atoms in total. The Labute approximate surface area is 61.7 Å². The number of unbranched alkanes of at least 4 members (excludes halogenated alkanes) is 1. The zero-order valence-corrected chi connectivity index (χ0v) is 6.64. The van der Waals surface area contributed by atoms with Gasteiger partial charge < -0.3 is 10.2 Å². The highest BCUT2D eigenvalue weighted by atomic mass is 16.5. The van der Waals surface area contributed by atoms with Gasteiger partial charge in [-0.25, -0.2) is 0 Å². The second-order valence-corrected chi connectivity index (χ2v) is 1.93. The van der Waals surface area contributed by atoms with Gasteiger partial charge in [0.2, 0.25) is 0 Å². The molecule has 0 spiro atoms. The molecule has 2 N–H and O–H groups in total. The van der Waals surface area contributed by atoms with E-state index in [4.69, 9.17) is 4.74 Å². The van der Waals surface area contributed by atoms with E-state index in [1.54, 1.807) is 6.92 Å². The van der Waals surface area contributed by atoms with Gasteiger partial charge >= 0.3 is 5.97 Å². The Morgan fingerprint density at radius 2 is 2.00 bits per heavy atom. The Kier molecular flexibility index (Phi) is 10.2. The van der Waals surface area contributed by atoms with E-state index in [9.17, 15) is 4.79 Å². The molecule has 0 atom stereocenters. The first-order valence-corrected chi connectivity index (χ1v) is 3.46. The van der Waals surface area contributed by atoms with Crippen LogP contribution in [0.3, 0.4) is 0 Å². The summed E-state index contributed by atoms with van der Waals surface area (Å²) in [4.78, 5) is 10.5. The first-order valence-electron chi connectivity index (χ1n) is 3.46. The average Bonchev–Trinajstić information content (AvgIpc) is 1.89. The molecule has 0 saturated carbocycles. The van der Waals surface area contributed by atoms with Crippen molar-refractivity contribution in [2.45, 2.75) is 33.1 Å². The molecule has 0 radical (unpaired) electrons. The fourth-order valence-electron chi connectivity index (χ4n) is 0.432. The van der Waals surface area contributed by atoms with E-state index in [0.717, 1.165) is 12.8 Å². The predicted octanol–water partition coefficient (Wildman–Crippen LogP) is 0.915. The molecule has 10 heavy (non-hydrogen) atoms. The van der Waals surface area contributed by atoms with Crippen LogP contribution in [0.4, 0.5) is 0 Å². The summed E-state index contributed by atoms with van der Waals surface area (Å²) < 4.78 is 4.79. The lowest BCUT2D eigenvalue weighted by molar-refractivity contribution is -0.143. The Morgan fingerprint density at radius 1 is 1.40 bits per heavy atom. The maximum absolute atomic E-state index is 10.5. The molecule has 62 valence electrons. The lowest BCUT2D eigenvalue weighted by atomic mass is 10.4. The molecule has 0 heterocycles. The zero-order valence-electron chi connectivity index (χ0n) is 6.64. The van der Waals surface area contributed by atoms with Gasteiger partial charge in [-0.05, 0) is 6.42 Å². The van der Waals surface area contributed by atoms with Crippen molar-refractivity contribution < 1.29 is 15.0 Å². The summed E-state index contributed by atoms with van der Waals surface area (Å²) >= 11 is 0. The average molecular weight is 148 g/mol. The number of ether oxygens (including phenoxy) is 1. The second kappa shape index (κ2) is 8.43. The van der Waals surface area contributed by atoms with Crippen molar-refractivity contribution in [1.29, 1.82) is 0 Å². The number of rotatable bonds is 4. The van der Waals surface area contributed by atoms with Crippen molar-refractivity contribution in [3.05, 3.63) is 0 Å². The minimum atomic E-state index is -0.0940. The highest BCUT2D eigenvalue weighted by Crippen LogP contribution is 1.90. The molecular weight excluding hydrogens is 132 g/mol. The second-order valence-electron chi connectivity index (χ2n) is 1.93. The zero-order chi connectivity index (χ0) is 7.11. The van der Waals surface area contributed by atoms with Crippen LogP contribution in [-0.2, 0) is 9.53 Å². The molecule has 0 rings (SSSR count). The Bertz CT molecular complexity index is 80.9. The van der Waals surface area contributed by atoms with Crippen molar-refractivity contribution in [1.82, 2.24) is 0 Å². The van der Waals surface area contributed by atoms with Gasteiger partial charge in [-0.2, -0.15) is 0 Å². The van der Waals surface area contributed by atoms with E-state index in [1.165, 1.54) is 0 Å². The largest absolute Gasteiger partial charge is 0.466 e. The molecule has 0 fully saturated rings. The summed E-state index contributed by atoms with van der Waals surface area (Å²) in [6.45, 7) is 4.46. The number of hydrogen-bond acceptors (Lipinski definition) is 2. The number of hydrogen-bond donors (Lipinski definition) is 0. The fraction of sp³-hybridized carbons (Fsp3) is 0.857. The first-order chi connectivity index (χ1) is 4.31. The third-order valence-electron chi connectivity index (χ3n) is 1.05. The summed E-state index contributed by atoms with van der Waals surface area (Å²) in [6.07, 6.45) is 2.55. The molecule has 0 bridgehead atoms. The summed E-state index contributed by atoms with van der Waals surface area (Å²) in [6, 6.07) is 0. The topological polar surface area (TPSA) is 57.8 Å². The van der Waals surface area contributed by atoms with Crippen LogP contribution in [0.1, 0.15) is 33.1 Å². The van der Waals surface area contributed by atoms with Crippen LogP contribution in [0.2, 0.25) is 0 Å². The van der Waals surface area contributed by atoms with Crippen LogP contribution < -0.4 is 0 Å². The summed E-state index contributed by atoms with van der Waals surface area (Å²) in [5.74, 6) is -0.0940. The molecule has 0 amide bonds. The van der Waals surface area contributed by atoms with Crippen LogP contribution in [0, 0.1) is 0 Å². The van der Waals surface area contributed by atoms with E-state index in [0.29, 0.717) is 13.0 Å². The third kappa shape index (κ3) is 7.43. The molecule has 0 aliphatic carbocycles. The van der Waals surface area contributed by atoms with Gasteiger partial charge in [0, 0.05) is 6.42 Å². The summed E-state index contributed by atoms with van der Waals surface area (Å²) in [5.41, 5.74) is 0. The molecule has 0 aliphatic rings. The highest BCUT2D eigenvalue weighted by Gasteiger charge is 1.94. The summed E-state index contributed by atoms with van der Waals surface area (Å²) in [5, 5.41) is 0. The third-order valence-corrected chi connectivity index (χ3v) is 1.05. The molecule has 3 heteroatoms. The van der Waals surface area contributed by atoms with Crippen LogP contribution in [0.15, 0.2) is 0 Å². The quantitative estimate of drug-likeness (QED) is 0.439. The minimum Gasteiger partial charge on any atom is -0.466 e. The van der Waals surface area contributed by atoms with E-state index >= 15 is 0 Å². The Morgan fingerprint density at radius 3 is 2.40 bits per heavy atom. The van der Waals surface area contributed by atoms with Crippen LogP contribution in [0.25, 0.3) is 0 Å². The Hall–Kier alpha value is -0.570. The maximum Gasteiger partial charge on any atom is 0.305 e. The fourth-order valence-corrected chi connectivity index (χ4v) is 0.432.